The van der Waals surface area contributed by atoms with Gasteiger partial charge in [0.15, 0.2) is 5.78 Å². The van der Waals surface area contributed by atoms with Crippen molar-refractivity contribution in [3.05, 3.63) is 35.1 Å². The molecule has 0 atom stereocenters. The van der Waals surface area contributed by atoms with Gasteiger partial charge in [-0.05, 0) is 25.5 Å². The van der Waals surface area contributed by atoms with E-state index in [4.69, 9.17) is 4.74 Å². The average molecular weight is 210 g/mol. The van der Waals surface area contributed by atoms with Crippen molar-refractivity contribution in [2.24, 2.45) is 0 Å². The van der Waals surface area contributed by atoms with E-state index in [-0.39, 0.29) is 18.0 Å². The molecule has 0 fully saturated rings. The minimum atomic E-state index is -0.481. The Bertz CT molecular complexity index is 347. The first kappa shape index (κ1) is 11.9. The van der Waals surface area contributed by atoms with Gasteiger partial charge in [-0.3, -0.25) is 4.79 Å². The third kappa shape index (κ3) is 3.44. The Morgan fingerprint density at radius 1 is 1.47 bits per heavy atom. The van der Waals surface area contributed by atoms with Gasteiger partial charge in [-0.15, -0.1) is 0 Å². The number of hydrogen-bond acceptors (Lipinski definition) is 2. The standard InChI is InChI=1S/C12H15FO2/c1-3-6-15-8-12(14)10-7-9(2)4-5-11(10)13/h4-5,7H,3,6,8H2,1-2H3. The van der Waals surface area contributed by atoms with Crippen molar-refractivity contribution in [2.75, 3.05) is 13.2 Å². The van der Waals surface area contributed by atoms with E-state index in [9.17, 15) is 9.18 Å². The summed E-state index contributed by atoms with van der Waals surface area (Å²) in [6, 6.07) is 4.49. The van der Waals surface area contributed by atoms with Gasteiger partial charge in [0, 0.05) is 6.61 Å². The zero-order chi connectivity index (χ0) is 11.3. The van der Waals surface area contributed by atoms with E-state index in [0.717, 1.165) is 12.0 Å². The van der Waals surface area contributed by atoms with Crippen LogP contribution in [0.15, 0.2) is 18.2 Å². The van der Waals surface area contributed by atoms with Gasteiger partial charge >= 0.3 is 0 Å². The Kier molecular flexibility index (Phi) is 4.43. The molecular weight excluding hydrogens is 195 g/mol. The van der Waals surface area contributed by atoms with E-state index >= 15 is 0 Å². The second-order valence-corrected chi connectivity index (χ2v) is 3.46. The van der Waals surface area contributed by atoms with Crippen molar-refractivity contribution in [2.45, 2.75) is 20.3 Å². The summed E-state index contributed by atoms with van der Waals surface area (Å²) in [4.78, 5) is 11.5. The summed E-state index contributed by atoms with van der Waals surface area (Å²) < 4.78 is 18.3. The Balaban J connectivity index is 2.68. The molecule has 0 unspecified atom stereocenters. The number of halogens is 1. The number of benzene rings is 1. The summed E-state index contributed by atoms with van der Waals surface area (Å²) in [7, 11) is 0. The number of hydrogen-bond donors (Lipinski definition) is 0. The first-order valence-corrected chi connectivity index (χ1v) is 5.02. The number of carbonyl (C=O) groups is 1. The molecule has 0 saturated heterocycles. The minimum Gasteiger partial charge on any atom is -0.373 e. The maximum Gasteiger partial charge on any atom is 0.191 e. The van der Waals surface area contributed by atoms with E-state index < -0.39 is 5.82 Å². The highest BCUT2D eigenvalue weighted by molar-refractivity contribution is 5.97. The van der Waals surface area contributed by atoms with Gasteiger partial charge in [0.1, 0.15) is 12.4 Å². The number of carbonyl (C=O) groups excluding carboxylic acids is 1. The fraction of sp³-hybridized carbons (Fsp3) is 0.417. The van der Waals surface area contributed by atoms with Crippen molar-refractivity contribution in [1.29, 1.82) is 0 Å². The molecule has 0 bridgehead atoms. The normalized spacial score (nSPS) is 10.3. The fourth-order valence-electron chi connectivity index (χ4n) is 1.24. The molecule has 0 aliphatic carbocycles. The van der Waals surface area contributed by atoms with Crippen molar-refractivity contribution in [3.8, 4) is 0 Å². The summed E-state index contributed by atoms with van der Waals surface area (Å²) in [5.41, 5.74) is 0.987. The molecule has 0 N–H and O–H groups in total. The van der Waals surface area contributed by atoms with Crippen LogP contribution in [-0.2, 0) is 4.74 Å². The molecule has 82 valence electrons. The lowest BCUT2D eigenvalue weighted by atomic mass is 10.1. The monoisotopic (exact) mass is 210 g/mol. The summed E-state index contributed by atoms with van der Waals surface area (Å²) in [5.74, 6) is -0.782. The number of aryl methyl sites for hydroxylation is 1. The molecular formula is C12H15FO2. The minimum absolute atomic E-state index is 0.0474. The Morgan fingerprint density at radius 2 is 2.20 bits per heavy atom. The van der Waals surface area contributed by atoms with E-state index in [2.05, 4.69) is 0 Å². The molecule has 0 aliphatic heterocycles. The van der Waals surface area contributed by atoms with Gasteiger partial charge < -0.3 is 4.74 Å². The fourth-order valence-corrected chi connectivity index (χ4v) is 1.24. The predicted octanol–water partition coefficient (Wildman–Crippen LogP) is 2.74. The van der Waals surface area contributed by atoms with Gasteiger partial charge in [0.05, 0.1) is 5.56 Å². The number of ketones is 1. The predicted molar refractivity (Wildman–Crippen MR) is 56.6 cm³/mol. The molecule has 3 heteroatoms. The highest BCUT2D eigenvalue weighted by Gasteiger charge is 2.11. The molecule has 1 rings (SSSR count). The lowest BCUT2D eigenvalue weighted by Crippen LogP contribution is -2.11. The van der Waals surface area contributed by atoms with Crippen LogP contribution in [0.3, 0.4) is 0 Å². The first-order chi connectivity index (χ1) is 7.15. The van der Waals surface area contributed by atoms with Gasteiger partial charge in [-0.1, -0.05) is 18.6 Å². The lowest BCUT2D eigenvalue weighted by molar-refractivity contribution is 0.0757. The van der Waals surface area contributed by atoms with Crippen molar-refractivity contribution < 1.29 is 13.9 Å². The zero-order valence-electron chi connectivity index (χ0n) is 9.05. The lowest BCUT2D eigenvalue weighted by Gasteiger charge is -2.04. The summed E-state index contributed by atoms with van der Waals surface area (Å²) in [5, 5.41) is 0. The second-order valence-electron chi connectivity index (χ2n) is 3.46. The van der Waals surface area contributed by atoms with E-state index in [1.54, 1.807) is 12.1 Å². The number of Topliss-reactive ketones (excluding diaryl/α,β-unsaturated/α-hetero) is 1. The van der Waals surface area contributed by atoms with Gasteiger partial charge in [-0.25, -0.2) is 4.39 Å². The molecule has 0 aromatic heterocycles. The van der Waals surface area contributed by atoms with Crippen LogP contribution in [0.5, 0.6) is 0 Å². The zero-order valence-corrected chi connectivity index (χ0v) is 9.05. The van der Waals surface area contributed by atoms with Gasteiger partial charge in [0.2, 0.25) is 0 Å². The second kappa shape index (κ2) is 5.61. The SMILES string of the molecule is CCCOCC(=O)c1cc(C)ccc1F. The van der Waals surface area contributed by atoms with Crippen LogP contribution in [0, 0.1) is 12.7 Å². The van der Waals surface area contributed by atoms with Crippen LogP contribution in [0.4, 0.5) is 4.39 Å². The third-order valence-corrected chi connectivity index (χ3v) is 2.00. The quantitative estimate of drug-likeness (QED) is 0.551. The smallest absolute Gasteiger partial charge is 0.191 e. The van der Waals surface area contributed by atoms with Crippen LogP contribution in [0.1, 0.15) is 29.3 Å². The Hall–Kier alpha value is -1.22. The summed E-state index contributed by atoms with van der Waals surface area (Å²) in [6.45, 7) is 4.26. The third-order valence-electron chi connectivity index (χ3n) is 2.00. The largest absolute Gasteiger partial charge is 0.373 e. The van der Waals surface area contributed by atoms with Gasteiger partial charge in [0.25, 0.3) is 0 Å². The highest BCUT2D eigenvalue weighted by Crippen LogP contribution is 2.10. The maximum absolute atomic E-state index is 13.3. The molecule has 2 nitrogen and oxygen atoms in total. The number of ether oxygens (including phenoxy) is 1. The molecule has 1 aromatic rings. The number of rotatable bonds is 5. The van der Waals surface area contributed by atoms with Crippen LogP contribution in [-0.4, -0.2) is 19.0 Å². The van der Waals surface area contributed by atoms with E-state index in [1.165, 1.54) is 6.07 Å². The average Bonchev–Trinajstić information content (AvgIpc) is 2.22. The highest BCUT2D eigenvalue weighted by atomic mass is 19.1. The molecule has 15 heavy (non-hydrogen) atoms. The molecule has 0 amide bonds. The molecule has 0 radical (unpaired) electrons. The van der Waals surface area contributed by atoms with Crippen molar-refractivity contribution >= 4 is 5.78 Å². The van der Waals surface area contributed by atoms with Crippen molar-refractivity contribution in [3.63, 3.8) is 0 Å². The topological polar surface area (TPSA) is 26.3 Å². The molecule has 0 aliphatic rings. The molecule has 0 heterocycles. The Labute approximate surface area is 89.1 Å². The van der Waals surface area contributed by atoms with Crippen LogP contribution in [0.2, 0.25) is 0 Å². The van der Waals surface area contributed by atoms with E-state index in [1.807, 2.05) is 13.8 Å². The maximum atomic E-state index is 13.3. The molecule has 0 saturated carbocycles. The Morgan fingerprint density at radius 3 is 2.87 bits per heavy atom. The van der Waals surface area contributed by atoms with E-state index in [0.29, 0.717) is 6.61 Å². The van der Waals surface area contributed by atoms with Crippen molar-refractivity contribution in [1.82, 2.24) is 0 Å². The molecule has 1 aromatic carbocycles. The molecule has 0 spiro atoms. The van der Waals surface area contributed by atoms with Crippen LogP contribution >= 0.6 is 0 Å². The summed E-state index contributed by atoms with van der Waals surface area (Å²) >= 11 is 0. The first-order valence-electron chi connectivity index (χ1n) is 5.02. The van der Waals surface area contributed by atoms with Crippen LogP contribution in [0.25, 0.3) is 0 Å². The summed E-state index contributed by atoms with van der Waals surface area (Å²) in [6.07, 6.45) is 0.851. The van der Waals surface area contributed by atoms with Crippen LogP contribution < -0.4 is 0 Å². The van der Waals surface area contributed by atoms with Gasteiger partial charge in [-0.2, -0.15) is 0 Å².